The summed E-state index contributed by atoms with van der Waals surface area (Å²) in [6, 6.07) is 21.6. The van der Waals surface area contributed by atoms with Crippen LogP contribution >= 0.6 is 11.6 Å². The molecule has 0 bridgehead atoms. The van der Waals surface area contributed by atoms with Gasteiger partial charge in [-0.15, -0.1) is 0 Å². The molecule has 3 aromatic rings. The molecule has 7 nitrogen and oxygen atoms in total. The van der Waals surface area contributed by atoms with Gasteiger partial charge in [0.2, 0.25) is 5.91 Å². The Balaban J connectivity index is 1.27. The maximum Gasteiger partial charge on any atom is 0.253 e. The van der Waals surface area contributed by atoms with Crippen LogP contribution in [0.15, 0.2) is 72.8 Å². The van der Waals surface area contributed by atoms with Gasteiger partial charge < -0.3 is 21.3 Å². The van der Waals surface area contributed by atoms with Crippen LogP contribution in [0, 0.1) is 0 Å². The average Bonchev–Trinajstić information content (AvgIpc) is 2.94. The zero-order valence-corrected chi connectivity index (χ0v) is 22.2. The van der Waals surface area contributed by atoms with Gasteiger partial charge in [-0.25, -0.2) is 0 Å². The molecule has 4 rings (SSSR count). The molecule has 0 saturated heterocycles. The predicted molar refractivity (Wildman–Crippen MR) is 152 cm³/mol. The Kier molecular flexibility index (Phi) is 9.38. The Morgan fingerprint density at radius 1 is 0.868 bits per heavy atom. The summed E-state index contributed by atoms with van der Waals surface area (Å²) in [5, 5.41) is 12.2. The minimum atomic E-state index is -0.274. The van der Waals surface area contributed by atoms with Gasteiger partial charge in [-0.05, 0) is 67.8 Å². The second kappa shape index (κ2) is 13.1. The van der Waals surface area contributed by atoms with Crippen molar-refractivity contribution in [1.29, 1.82) is 0 Å². The second-order valence-electron chi connectivity index (χ2n) is 9.59. The van der Waals surface area contributed by atoms with Crippen LogP contribution < -0.4 is 21.3 Å². The van der Waals surface area contributed by atoms with E-state index in [-0.39, 0.29) is 36.3 Å². The van der Waals surface area contributed by atoms with Crippen molar-refractivity contribution in [3.8, 4) is 0 Å². The molecule has 3 amide bonds. The van der Waals surface area contributed by atoms with Gasteiger partial charge in [-0.1, -0.05) is 61.2 Å². The van der Waals surface area contributed by atoms with Gasteiger partial charge >= 0.3 is 0 Å². The van der Waals surface area contributed by atoms with E-state index in [0.717, 1.165) is 31.2 Å². The summed E-state index contributed by atoms with van der Waals surface area (Å²) >= 11 is 6.27. The lowest BCUT2D eigenvalue weighted by Gasteiger charge is -2.23. The number of hydrogen-bond donors (Lipinski definition) is 4. The van der Waals surface area contributed by atoms with Crippen LogP contribution in [0.4, 0.5) is 11.4 Å². The number of carbonyl (C=O) groups excluding carboxylic acids is 3. The van der Waals surface area contributed by atoms with Crippen molar-refractivity contribution in [3.63, 3.8) is 0 Å². The van der Waals surface area contributed by atoms with E-state index in [4.69, 9.17) is 11.6 Å². The number of benzene rings is 3. The molecule has 1 unspecified atom stereocenters. The van der Waals surface area contributed by atoms with Crippen LogP contribution in [0.5, 0.6) is 0 Å². The molecule has 1 fully saturated rings. The summed E-state index contributed by atoms with van der Waals surface area (Å²) in [5.74, 6) is -0.667. The third-order valence-electron chi connectivity index (χ3n) is 6.68. The highest BCUT2D eigenvalue weighted by Crippen LogP contribution is 2.23. The molecule has 1 saturated carbocycles. The normalized spacial score (nSPS) is 14.3. The van der Waals surface area contributed by atoms with Crippen LogP contribution in [-0.4, -0.2) is 30.3 Å². The standard InChI is InChI=1S/C30H33ClN4O3/c1-20(21-8-4-2-5-9-21)33-29(37)22-12-14-23(15-13-22)32-19-28(36)34-25-16-17-27(31)26(18-25)30(38)35-24-10-6-3-7-11-24/h2,4-5,8-9,12-18,20,24,32H,3,6-7,10-11,19H2,1H3,(H,33,37)(H,34,36)(H,35,38). The second-order valence-corrected chi connectivity index (χ2v) is 10.00. The number of carbonyl (C=O) groups is 3. The molecule has 1 atom stereocenters. The molecule has 4 N–H and O–H groups in total. The highest BCUT2D eigenvalue weighted by molar-refractivity contribution is 6.34. The molecule has 3 aromatic carbocycles. The maximum atomic E-state index is 12.7. The largest absolute Gasteiger partial charge is 0.376 e. The molecular weight excluding hydrogens is 500 g/mol. The number of amides is 3. The summed E-state index contributed by atoms with van der Waals surface area (Å²) in [7, 11) is 0. The van der Waals surface area contributed by atoms with E-state index < -0.39 is 0 Å². The van der Waals surface area contributed by atoms with Gasteiger partial charge in [0, 0.05) is 23.0 Å². The molecule has 0 radical (unpaired) electrons. The Hall–Kier alpha value is -3.84. The van der Waals surface area contributed by atoms with Crippen LogP contribution in [0.1, 0.15) is 71.3 Å². The third kappa shape index (κ3) is 7.59. The smallest absolute Gasteiger partial charge is 0.253 e. The Morgan fingerprint density at radius 3 is 2.26 bits per heavy atom. The number of halogens is 1. The highest BCUT2D eigenvalue weighted by Gasteiger charge is 2.19. The highest BCUT2D eigenvalue weighted by atomic mass is 35.5. The lowest BCUT2D eigenvalue weighted by molar-refractivity contribution is -0.114. The van der Waals surface area contributed by atoms with Gasteiger partial charge in [0.1, 0.15) is 0 Å². The lowest BCUT2D eigenvalue weighted by Crippen LogP contribution is -2.36. The first-order chi connectivity index (χ1) is 18.4. The van der Waals surface area contributed by atoms with Crippen molar-refractivity contribution in [2.75, 3.05) is 17.2 Å². The fraction of sp³-hybridized carbons (Fsp3) is 0.300. The van der Waals surface area contributed by atoms with E-state index in [0.29, 0.717) is 27.5 Å². The molecule has 198 valence electrons. The minimum absolute atomic E-state index is 0.0167. The van der Waals surface area contributed by atoms with E-state index in [2.05, 4.69) is 21.3 Å². The molecule has 1 aliphatic rings. The molecule has 1 aliphatic carbocycles. The molecule has 0 aliphatic heterocycles. The summed E-state index contributed by atoms with van der Waals surface area (Å²) < 4.78 is 0. The lowest BCUT2D eigenvalue weighted by atomic mass is 9.95. The van der Waals surface area contributed by atoms with Crippen molar-refractivity contribution in [1.82, 2.24) is 10.6 Å². The van der Waals surface area contributed by atoms with Crippen molar-refractivity contribution >= 4 is 40.7 Å². The molecule has 0 heterocycles. The first-order valence-electron chi connectivity index (χ1n) is 13.0. The summed E-state index contributed by atoms with van der Waals surface area (Å²) in [6.07, 6.45) is 5.39. The first kappa shape index (κ1) is 27.2. The van der Waals surface area contributed by atoms with Gasteiger partial charge in [-0.3, -0.25) is 14.4 Å². The van der Waals surface area contributed by atoms with Gasteiger partial charge in [-0.2, -0.15) is 0 Å². The van der Waals surface area contributed by atoms with Crippen molar-refractivity contribution in [3.05, 3.63) is 94.5 Å². The number of hydrogen-bond acceptors (Lipinski definition) is 4. The van der Waals surface area contributed by atoms with Crippen molar-refractivity contribution < 1.29 is 14.4 Å². The zero-order chi connectivity index (χ0) is 26.9. The van der Waals surface area contributed by atoms with E-state index in [1.54, 1.807) is 42.5 Å². The molecule has 0 aromatic heterocycles. The van der Waals surface area contributed by atoms with E-state index in [9.17, 15) is 14.4 Å². The van der Waals surface area contributed by atoms with E-state index >= 15 is 0 Å². The Bertz CT molecular complexity index is 1260. The quantitative estimate of drug-likeness (QED) is 0.274. The molecule has 38 heavy (non-hydrogen) atoms. The van der Waals surface area contributed by atoms with Gasteiger partial charge in [0.25, 0.3) is 11.8 Å². The molecule has 8 heteroatoms. The summed E-state index contributed by atoms with van der Waals surface area (Å²) in [4.78, 5) is 37.9. The number of anilines is 2. The summed E-state index contributed by atoms with van der Waals surface area (Å²) in [5.41, 5.74) is 3.11. The Labute approximate surface area is 228 Å². The van der Waals surface area contributed by atoms with Crippen molar-refractivity contribution in [2.45, 2.75) is 51.1 Å². The average molecular weight is 533 g/mol. The SMILES string of the molecule is CC(NC(=O)c1ccc(NCC(=O)Nc2ccc(Cl)c(C(=O)NC3CCCCC3)c2)cc1)c1ccccc1. The van der Waals surface area contributed by atoms with Crippen LogP contribution in [0.2, 0.25) is 5.02 Å². The first-order valence-corrected chi connectivity index (χ1v) is 13.4. The van der Waals surface area contributed by atoms with Crippen LogP contribution in [0.25, 0.3) is 0 Å². The van der Waals surface area contributed by atoms with E-state index in [1.165, 1.54) is 6.42 Å². The van der Waals surface area contributed by atoms with E-state index in [1.807, 2.05) is 37.3 Å². The topological polar surface area (TPSA) is 99.3 Å². The van der Waals surface area contributed by atoms with Crippen LogP contribution in [-0.2, 0) is 4.79 Å². The molecular formula is C30H33ClN4O3. The fourth-order valence-corrected chi connectivity index (χ4v) is 4.72. The number of nitrogens with one attached hydrogen (secondary N) is 4. The summed E-state index contributed by atoms with van der Waals surface area (Å²) in [6.45, 7) is 1.96. The minimum Gasteiger partial charge on any atom is -0.376 e. The van der Waals surface area contributed by atoms with Crippen molar-refractivity contribution in [2.24, 2.45) is 0 Å². The fourth-order valence-electron chi connectivity index (χ4n) is 4.52. The maximum absolute atomic E-state index is 12.7. The Morgan fingerprint density at radius 2 is 1.55 bits per heavy atom. The zero-order valence-electron chi connectivity index (χ0n) is 21.4. The predicted octanol–water partition coefficient (Wildman–Crippen LogP) is 5.94. The van der Waals surface area contributed by atoms with Crippen LogP contribution in [0.3, 0.4) is 0 Å². The third-order valence-corrected chi connectivity index (χ3v) is 7.01. The monoisotopic (exact) mass is 532 g/mol. The van der Waals surface area contributed by atoms with Gasteiger partial charge in [0.05, 0.1) is 23.2 Å². The molecule has 0 spiro atoms. The van der Waals surface area contributed by atoms with Gasteiger partial charge in [0.15, 0.2) is 0 Å². The number of rotatable bonds is 9.